The number of hydrogen-bond donors (Lipinski definition) is 3. The highest BCUT2D eigenvalue weighted by Gasteiger charge is 2.16. The summed E-state index contributed by atoms with van der Waals surface area (Å²) in [5.41, 5.74) is 12.0. The van der Waals surface area contributed by atoms with Gasteiger partial charge in [-0.3, -0.25) is 9.78 Å². The third kappa shape index (κ3) is 5.01. The number of anilines is 2. The van der Waals surface area contributed by atoms with E-state index in [0.29, 0.717) is 29.9 Å². The van der Waals surface area contributed by atoms with Crippen molar-refractivity contribution in [2.45, 2.75) is 19.8 Å². The van der Waals surface area contributed by atoms with Crippen molar-refractivity contribution in [3.8, 4) is 0 Å². The number of carbonyl (C=O) groups is 2. The van der Waals surface area contributed by atoms with E-state index in [1.165, 1.54) is 0 Å². The van der Waals surface area contributed by atoms with E-state index >= 15 is 0 Å². The molecule has 0 atom stereocenters. The van der Waals surface area contributed by atoms with E-state index in [9.17, 15) is 9.59 Å². The lowest BCUT2D eigenvalue weighted by molar-refractivity contribution is 0.0996. The molecule has 0 saturated heterocycles. The van der Waals surface area contributed by atoms with E-state index in [1.807, 2.05) is 6.92 Å². The Morgan fingerprint density at radius 2 is 2.08 bits per heavy atom. The second-order valence-electron chi connectivity index (χ2n) is 4.95. The third-order valence-electron chi connectivity index (χ3n) is 3.17. The van der Waals surface area contributed by atoms with Gasteiger partial charge in [-0.1, -0.05) is 18.5 Å². The van der Waals surface area contributed by atoms with Crippen molar-refractivity contribution < 1.29 is 14.3 Å². The molecule has 2 aromatic heterocycles. The first-order valence-electron chi connectivity index (χ1n) is 7.41. The van der Waals surface area contributed by atoms with E-state index in [4.69, 9.17) is 23.1 Å². The number of nitrogens with two attached hydrogens (primary N) is 2. The van der Waals surface area contributed by atoms with Crippen LogP contribution < -0.4 is 16.8 Å². The van der Waals surface area contributed by atoms with E-state index in [2.05, 4.69) is 25.0 Å². The van der Waals surface area contributed by atoms with Gasteiger partial charge in [0.2, 0.25) is 0 Å². The fourth-order valence-electron chi connectivity index (χ4n) is 2.02. The van der Waals surface area contributed by atoms with E-state index in [0.717, 1.165) is 0 Å². The number of hydrogen-bond acceptors (Lipinski definition) is 7. The number of pyridine rings is 1. The molecule has 0 bridgehead atoms. The summed E-state index contributed by atoms with van der Waals surface area (Å²) in [6.45, 7) is 1.95. The van der Waals surface area contributed by atoms with Crippen LogP contribution in [0.15, 0.2) is 18.3 Å². The molecule has 2 heterocycles. The maximum atomic E-state index is 11.6. The van der Waals surface area contributed by atoms with Crippen LogP contribution in [0.3, 0.4) is 0 Å². The molecule has 0 aromatic carbocycles. The molecule has 2 rings (SSSR count). The highest BCUT2D eigenvalue weighted by Crippen LogP contribution is 2.22. The quantitative estimate of drug-likeness (QED) is 0.675. The Hall–Kier alpha value is -2.94. The average Bonchev–Trinajstić information content (AvgIpc) is 2.55. The molecule has 0 aliphatic carbocycles. The van der Waals surface area contributed by atoms with Crippen LogP contribution >= 0.6 is 11.6 Å². The fourth-order valence-corrected chi connectivity index (χ4v) is 2.28. The normalized spacial score (nSPS) is 10.3. The molecule has 0 fully saturated rings. The summed E-state index contributed by atoms with van der Waals surface area (Å²) in [5, 5.41) is 3.15. The molecule has 0 unspecified atom stereocenters. The van der Waals surface area contributed by atoms with Crippen molar-refractivity contribution in [1.29, 1.82) is 0 Å². The van der Waals surface area contributed by atoms with Crippen LogP contribution in [-0.4, -0.2) is 33.6 Å². The van der Waals surface area contributed by atoms with Crippen molar-refractivity contribution in [3.63, 3.8) is 0 Å². The molecule has 0 saturated carbocycles. The van der Waals surface area contributed by atoms with E-state index in [1.54, 1.807) is 18.3 Å². The second kappa shape index (κ2) is 8.25. The zero-order chi connectivity index (χ0) is 18.4. The number of ether oxygens (including phenoxy) is 1. The van der Waals surface area contributed by atoms with Gasteiger partial charge in [-0.05, 0) is 18.6 Å². The Morgan fingerprint density at radius 3 is 2.72 bits per heavy atom. The highest BCUT2D eigenvalue weighted by atomic mass is 35.5. The summed E-state index contributed by atoms with van der Waals surface area (Å²) >= 11 is 6.06. The monoisotopic (exact) mass is 364 g/mol. The van der Waals surface area contributed by atoms with Crippen molar-refractivity contribution in [3.05, 3.63) is 40.6 Å². The smallest absolute Gasteiger partial charge is 0.404 e. The predicted molar refractivity (Wildman–Crippen MR) is 91.7 cm³/mol. The number of nitrogens with one attached hydrogen (secondary N) is 1. The Kier molecular flexibility index (Phi) is 6.07. The molecular formula is C15H17ClN6O3. The SMILES string of the molecule is CCc1nc(C(N)=O)c(Nc2ccnc(CCOC(N)=O)c2)nc1Cl. The van der Waals surface area contributed by atoms with Crippen LogP contribution in [0, 0.1) is 0 Å². The van der Waals surface area contributed by atoms with Crippen LogP contribution in [-0.2, 0) is 17.6 Å². The largest absolute Gasteiger partial charge is 0.449 e. The first-order chi connectivity index (χ1) is 11.9. The van der Waals surface area contributed by atoms with Gasteiger partial charge in [-0.15, -0.1) is 0 Å². The summed E-state index contributed by atoms with van der Waals surface area (Å²) in [6.07, 6.45) is 1.61. The van der Waals surface area contributed by atoms with Gasteiger partial charge in [-0.25, -0.2) is 14.8 Å². The topological polar surface area (TPSA) is 146 Å². The molecule has 0 spiro atoms. The zero-order valence-electron chi connectivity index (χ0n) is 13.5. The number of nitrogens with zero attached hydrogens (tertiary/aromatic N) is 3. The minimum atomic E-state index is -0.846. The molecule has 0 aliphatic heterocycles. The lowest BCUT2D eigenvalue weighted by Gasteiger charge is -2.11. The maximum absolute atomic E-state index is 11.6. The first-order valence-corrected chi connectivity index (χ1v) is 7.79. The molecule has 2 amide bonds. The van der Waals surface area contributed by atoms with Gasteiger partial charge < -0.3 is 21.5 Å². The highest BCUT2D eigenvalue weighted by molar-refractivity contribution is 6.30. The number of primary amides is 2. The molecule has 10 heteroatoms. The molecular weight excluding hydrogens is 348 g/mol. The van der Waals surface area contributed by atoms with Crippen LogP contribution in [0.2, 0.25) is 5.15 Å². The fraction of sp³-hybridized carbons (Fsp3) is 0.267. The number of aryl methyl sites for hydroxylation is 1. The molecule has 0 radical (unpaired) electrons. The molecule has 0 aliphatic rings. The van der Waals surface area contributed by atoms with Gasteiger partial charge in [0.05, 0.1) is 12.3 Å². The number of amides is 2. The van der Waals surface area contributed by atoms with Crippen LogP contribution in [0.25, 0.3) is 0 Å². The van der Waals surface area contributed by atoms with Gasteiger partial charge in [0.15, 0.2) is 16.7 Å². The first kappa shape index (κ1) is 18.4. The second-order valence-corrected chi connectivity index (χ2v) is 5.31. The standard InChI is InChI=1S/C15H17ClN6O3/c1-2-10-12(16)22-14(11(21-10)13(17)23)20-9-3-5-19-8(7-9)4-6-25-15(18)24/h3,5,7H,2,4,6H2,1H3,(H2,17,23)(H2,18,24)(H,19,20,22). The average molecular weight is 365 g/mol. The lowest BCUT2D eigenvalue weighted by atomic mass is 10.2. The Balaban J connectivity index is 2.23. The summed E-state index contributed by atoms with van der Waals surface area (Å²) in [6, 6.07) is 3.38. The van der Waals surface area contributed by atoms with Gasteiger partial charge >= 0.3 is 6.09 Å². The van der Waals surface area contributed by atoms with Gasteiger partial charge in [0.25, 0.3) is 5.91 Å². The molecule has 5 N–H and O–H groups in total. The maximum Gasteiger partial charge on any atom is 0.404 e. The third-order valence-corrected chi connectivity index (χ3v) is 3.47. The van der Waals surface area contributed by atoms with Gasteiger partial charge in [0.1, 0.15) is 0 Å². The predicted octanol–water partition coefficient (Wildman–Crippen LogP) is 1.57. The summed E-state index contributed by atoms with van der Waals surface area (Å²) in [4.78, 5) is 34.7. The Morgan fingerprint density at radius 1 is 1.32 bits per heavy atom. The van der Waals surface area contributed by atoms with Gasteiger partial charge in [-0.2, -0.15) is 0 Å². The summed E-state index contributed by atoms with van der Waals surface area (Å²) < 4.78 is 4.67. The van der Waals surface area contributed by atoms with Crippen molar-refractivity contribution in [2.75, 3.05) is 11.9 Å². The van der Waals surface area contributed by atoms with E-state index < -0.39 is 12.0 Å². The van der Waals surface area contributed by atoms with Crippen LogP contribution in [0.4, 0.5) is 16.3 Å². The van der Waals surface area contributed by atoms with E-state index in [-0.39, 0.29) is 23.3 Å². The van der Waals surface area contributed by atoms with Crippen LogP contribution in [0.5, 0.6) is 0 Å². The molecule has 9 nitrogen and oxygen atoms in total. The lowest BCUT2D eigenvalue weighted by Crippen LogP contribution is -2.18. The summed E-state index contributed by atoms with van der Waals surface area (Å²) in [5.74, 6) is -0.564. The molecule has 2 aromatic rings. The minimum Gasteiger partial charge on any atom is -0.449 e. The number of halogens is 1. The Labute approximate surface area is 148 Å². The minimum absolute atomic E-state index is 0.00308. The van der Waals surface area contributed by atoms with Gasteiger partial charge in [0, 0.05) is 24.0 Å². The molecule has 132 valence electrons. The zero-order valence-corrected chi connectivity index (χ0v) is 14.2. The number of carbonyl (C=O) groups excluding carboxylic acids is 2. The summed E-state index contributed by atoms with van der Waals surface area (Å²) in [7, 11) is 0. The van der Waals surface area contributed by atoms with Crippen molar-refractivity contribution in [1.82, 2.24) is 15.0 Å². The molecule has 25 heavy (non-hydrogen) atoms. The van der Waals surface area contributed by atoms with Crippen molar-refractivity contribution in [2.24, 2.45) is 11.5 Å². The number of aromatic nitrogens is 3. The number of rotatable bonds is 7. The Bertz CT molecular complexity index is 799. The van der Waals surface area contributed by atoms with Crippen LogP contribution in [0.1, 0.15) is 28.8 Å². The van der Waals surface area contributed by atoms with Crippen molar-refractivity contribution >= 4 is 35.1 Å².